The quantitative estimate of drug-likeness (QED) is 0.382. The highest BCUT2D eigenvalue weighted by atomic mass is 32.2. The Bertz CT molecular complexity index is 750. The van der Waals surface area contributed by atoms with Crippen LogP contribution in [-0.4, -0.2) is 47.0 Å². The van der Waals surface area contributed by atoms with Crippen molar-refractivity contribution in [3.8, 4) is 0 Å². The number of non-ortho nitro benzene ring substituents is 1. The molecule has 1 aliphatic rings. The molecule has 9 heteroatoms. The molecule has 23 heavy (non-hydrogen) atoms. The fourth-order valence-electron chi connectivity index (χ4n) is 2.42. The van der Waals surface area contributed by atoms with Gasteiger partial charge in [-0.3, -0.25) is 19.5 Å². The van der Waals surface area contributed by atoms with Gasteiger partial charge in [0, 0.05) is 24.7 Å². The fourth-order valence-corrected chi connectivity index (χ4v) is 3.22. The Morgan fingerprint density at radius 1 is 1.43 bits per heavy atom. The Morgan fingerprint density at radius 2 is 2.04 bits per heavy atom. The number of carbonyl (C=O) groups excluding carboxylic acids is 1. The van der Waals surface area contributed by atoms with Crippen LogP contribution >= 0.6 is 0 Å². The maximum absolute atomic E-state index is 12.4. The highest BCUT2D eigenvalue weighted by Crippen LogP contribution is 2.23. The van der Waals surface area contributed by atoms with Crippen LogP contribution in [0.1, 0.15) is 18.4 Å². The van der Waals surface area contributed by atoms with Crippen LogP contribution in [-0.2, 0) is 14.9 Å². The zero-order valence-corrected chi connectivity index (χ0v) is 13.0. The number of hydrogen-bond donors (Lipinski definition) is 1. The number of nitrogens with zero attached hydrogens (tertiary/aromatic N) is 2. The van der Waals surface area contributed by atoms with Crippen molar-refractivity contribution in [2.24, 2.45) is 0 Å². The number of benzene rings is 1. The second-order valence-electron chi connectivity index (χ2n) is 5.20. The second-order valence-corrected chi connectivity index (χ2v) is 6.90. The molecule has 8 nitrogen and oxygen atoms in total. The smallest absolute Gasteiger partial charge is 0.278 e. The van der Waals surface area contributed by atoms with Gasteiger partial charge in [-0.25, -0.2) is 0 Å². The van der Waals surface area contributed by atoms with Crippen LogP contribution in [0.25, 0.3) is 5.57 Å². The number of likely N-dealkylation sites (tertiary alicyclic amines) is 1. The molecule has 0 aliphatic carbocycles. The predicted molar refractivity (Wildman–Crippen MR) is 82.1 cm³/mol. The van der Waals surface area contributed by atoms with Crippen molar-refractivity contribution in [1.82, 2.24) is 4.90 Å². The first-order chi connectivity index (χ1) is 10.7. The number of amides is 1. The molecule has 0 aromatic heterocycles. The van der Waals surface area contributed by atoms with E-state index >= 15 is 0 Å². The Kier molecular flexibility index (Phi) is 4.81. The minimum atomic E-state index is -4.10. The summed E-state index contributed by atoms with van der Waals surface area (Å²) in [5.41, 5.74) is 0.145. The number of rotatable bonds is 4. The van der Waals surface area contributed by atoms with Crippen LogP contribution in [0.5, 0.6) is 0 Å². The molecule has 0 spiro atoms. The first-order valence-electron chi connectivity index (χ1n) is 6.81. The third-order valence-electron chi connectivity index (χ3n) is 3.74. The zero-order chi connectivity index (χ0) is 17.2. The minimum absolute atomic E-state index is 0.0902. The summed E-state index contributed by atoms with van der Waals surface area (Å²) in [7, 11) is -4.10. The molecule has 0 unspecified atom stereocenters. The average molecular weight is 339 g/mol. The predicted octanol–water partition coefficient (Wildman–Crippen LogP) is 1.29. The maximum Gasteiger partial charge on any atom is 0.278 e. The van der Waals surface area contributed by atoms with E-state index in [0.29, 0.717) is 5.56 Å². The van der Waals surface area contributed by atoms with Gasteiger partial charge in [0.1, 0.15) is 0 Å². The Morgan fingerprint density at radius 3 is 2.57 bits per heavy atom. The standard InChI is InChI=1S/C14H15N2O6S/c1-10(11-3-2-4-12(9-11)16(18)19)14(17)15-7-5-13(6-8-15)23(20,21)22/h2-3,9,13H,1,5-8H2,(H,20,21,22). The van der Waals surface area contributed by atoms with E-state index in [2.05, 4.69) is 12.6 Å². The molecule has 1 heterocycles. The average Bonchev–Trinajstić information content (AvgIpc) is 2.53. The SMILES string of the molecule is C=C(C(=O)N1CCC(S(=O)(=O)O)CC1)c1cc[c]c([N+](=O)[O-])c1. The second kappa shape index (κ2) is 6.47. The lowest BCUT2D eigenvalue weighted by atomic mass is 10.0. The molecular formula is C14H15N2O6S. The van der Waals surface area contributed by atoms with E-state index in [1.807, 2.05) is 0 Å². The third kappa shape index (κ3) is 3.93. The Hall–Kier alpha value is -2.26. The molecule has 1 aliphatic heterocycles. The zero-order valence-electron chi connectivity index (χ0n) is 12.1. The number of nitro groups is 1. The van der Waals surface area contributed by atoms with Crippen molar-refractivity contribution in [3.63, 3.8) is 0 Å². The number of nitro benzene ring substituents is 1. The molecule has 0 atom stereocenters. The summed E-state index contributed by atoms with van der Waals surface area (Å²) in [6.45, 7) is 4.01. The van der Waals surface area contributed by atoms with Gasteiger partial charge in [0.2, 0.25) is 0 Å². The van der Waals surface area contributed by atoms with Gasteiger partial charge in [-0.05, 0) is 24.5 Å². The number of carbonyl (C=O) groups is 1. The van der Waals surface area contributed by atoms with Crippen molar-refractivity contribution < 1.29 is 22.7 Å². The summed E-state index contributed by atoms with van der Waals surface area (Å²) in [6.07, 6.45) is 0.279. The molecule has 1 fully saturated rings. The maximum atomic E-state index is 12.4. The van der Waals surface area contributed by atoms with Gasteiger partial charge in [-0.1, -0.05) is 12.6 Å². The van der Waals surface area contributed by atoms with E-state index < -0.39 is 26.2 Å². The fraction of sp³-hybridized carbons (Fsp3) is 0.357. The van der Waals surface area contributed by atoms with E-state index in [1.165, 1.54) is 23.1 Å². The van der Waals surface area contributed by atoms with Crippen LogP contribution in [0.15, 0.2) is 24.8 Å². The van der Waals surface area contributed by atoms with Crippen molar-refractivity contribution in [2.75, 3.05) is 13.1 Å². The van der Waals surface area contributed by atoms with E-state index in [-0.39, 0.29) is 37.2 Å². The van der Waals surface area contributed by atoms with Crippen molar-refractivity contribution in [3.05, 3.63) is 46.5 Å². The highest BCUT2D eigenvalue weighted by Gasteiger charge is 2.31. The third-order valence-corrected chi connectivity index (χ3v) is 5.05. The van der Waals surface area contributed by atoms with E-state index in [4.69, 9.17) is 4.55 Å². The van der Waals surface area contributed by atoms with Gasteiger partial charge in [0.25, 0.3) is 21.7 Å². The van der Waals surface area contributed by atoms with Gasteiger partial charge in [0.15, 0.2) is 0 Å². The minimum Gasteiger partial charge on any atom is -0.339 e. The lowest BCUT2D eigenvalue weighted by Crippen LogP contribution is -2.42. The summed E-state index contributed by atoms with van der Waals surface area (Å²) in [6, 6.07) is 6.50. The highest BCUT2D eigenvalue weighted by molar-refractivity contribution is 7.86. The topological polar surface area (TPSA) is 118 Å². The van der Waals surface area contributed by atoms with Crippen molar-refractivity contribution in [2.45, 2.75) is 18.1 Å². The van der Waals surface area contributed by atoms with E-state index in [9.17, 15) is 23.3 Å². The van der Waals surface area contributed by atoms with Gasteiger partial charge in [0.05, 0.1) is 16.2 Å². The molecule has 2 rings (SSSR count). The Labute approximate surface area is 133 Å². The molecule has 1 aromatic carbocycles. The normalized spacial score (nSPS) is 16.1. The molecule has 1 N–H and O–H groups in total. The molecule has 1 saturated heterocycles. The largest absolute Gasteiger partial charge is 0.339 e. The summed E-state index contributed by atoms with van der Waals surface area (Å²) in [5, 5.41) is 9.88. The number of hydrogen-bond acceptors (Lipinski definition) is 5. The molecular weight excluding hydrogens is 324 g/mol. The van der Waals surface area contributed by atoms with Gasteiger partial charge >= 0.3 is 0 Å². The van der Waals surface area contributed by atoms with Gasteiger partial charge < -0.3 is 4.90 Å². The summed E-state index contributed by atoms with van der Waals surface area (Å²) in [5.74, 6) is -0.417. The van der Waals surface area contributed by atoms with Crippen LogP contribution in [0.3, 0.4) is 0 Å². The summed E-state index contributed by atoms with van der Waals surface area (Å²) in [4.78, 5) is 23.9. The molecule has 1 amide bonds. The molecule has 123 valence electrons. The van der Waals surface area contributed by atoms with Crippen molar-refractivity contribution >= 4 is 27.3 Å². The number of piperidine rings is 1. The summed E-state index contributed by atoms with van der Waals surface area (Å²) < 4.78 is 31.2. The van der Waals surface area contributed by atoms with Gasteiger partial charge in [-0.2, -0.15) is 8.42 Å². The lowest BCUT2D eigenvalue weighted by molar-refractivity contribution is -0.385. The van der Waals surface area contributed by atoms with Crippen LogP contribution in [0.4, 0.5) is 5.69 Å². The van der Waals surface area contributed by atoms with Crippen LogP contribution in [0, 0.1) is 16.2 Å². The van der Waals surface area contributed by atoms with Gasteiger partial charge in [-0.15, -0.1) is 0 Å². The van der Waals surface area contributed by atoms with Crippen LogP contribution in [0.2, 0.25) is 0 Å². The first kappa shape index (κ1) is 17.1. The Balaban J connectivity index is 2.08. The summed E-state index contributed by atoms with van der Waals surface area (Å²) >= 11 is 0. The first-order valence-corrected chi connectivity index (χ1v) is 8.31. The molecule has 1 radical (unpaired) electrons. The van der Waals surface area contributed by atoms with E-state index in [0.717, 1.165) is 0 Å². The van der Waals surface area contributed by atoms with E-state index in [1.54, 1.807) is 0 Å². The van der Waals surface area contributed by atoms with Crippen LogP contribution < -0.4 is 0 Å². The lowest BCUT2D eigenvalue weighted by Gasteiger charge is -2.31. The molecule has 0 bridgehead atoms. The monoisotopic (exact) mass is 339 g/mol. The molecule has 0 saturated carbocycles. The molecule has 1 aromatic rings. The van der Waals surface area contributed by atoms with Crippen molar-refractivity contribution in [1.29, 1.82) is 0 Å².